The lowest BCUT2D eigenvalue weighted by atomic mass is 10.2. The number of ketones is 1. The molecule has 0 aromatic heterocycles. The van der Waals surface area contributed by atoms with Crippen LogP contribution < -0.4 is 0 Å². The molecule has 12 heavy (non-hydrogen) atoms. The van der Waals surface area contributed by atoms with Gasteiger partial charge in [0, 0.05) is 0 Å². The number of phenols is 1. The van der Waals surface area contributed by atoms with Gasteiger partial charge in [0.05, 0.1) is 0 Å². The summed E-state index contributed by atoms with van der Waals surface area (Å²) in [5.74, 6) is 0.248. The molecular formula is C10H10O2. The van der Waals surface area contributed by atoms with E-state index in [1.807, 2.05) is 0 Å². The molecule has 0 aliphatic rings. The molecule has 0 aliphatic carbocycles. The smallest absolute Gasteiger partial charge is 0.152 e. The van der Waals surface area contributed by atoms with E-state index in [4.69, 9.17) is 5.11 Å². The number of carbonyl (C=O) groups excluding carboxylic acids is 1. The fourth-order valence-electron chi connectivity index (χ4n) is 0.799. The molecule has 1 N–H and O–H groups in total. The van der Waals surface area contributed by atoms with Crippen LogP contribution in [0.15, 0.2) is 30.3 Å². The van der Waals surface area contributed by atoms with Crippen LogP contribution in [0, 0.1) is 0 Å². The number of benzene rings is 1. The average molecular weight is 162 g/mol. The van der Waals surface area contributed by atoms with Crippen molar-refractivity contribution in [3.05, 3.63) is 35.9 Å². The topological polar surface area (TPSA) is 37.3 Å². The molecule has 2 nitrogen and oxygen atoms in total. The van der Waals surface area contributed by atoms with E-state index in [0.29, 0.717) is 0 Å². The predicted octanol–water partition coefficient (Wildman–Crippen LogP) is 1.99. The van der Waals surface area contributed by atoms with Crippen LogP contribution in [0.1, 0.15) is 12.5 Å². The Hall–Kier alpha value is -1.57. The van der Waals surface area contributed by atoms with Crippen LogP contribution in [-0.4, -0.2) is 10.9 Å². The molecule has 1 aromatic rings. The minimum absolute atomic E-state index is 0.0167. The SMILES string of the molecule is CC(=O)/C=C/c1ccc(O)cc1. The lowest BCUT2D eigenvalue weighted by molar-refractivity contribution is -0.112. The highest BCUT2D eigenvalue weighted by atomic mass is 16.3. The Morgan fingerprint density at radius 3 is 2.42 bits per heavy atom. The maximum atomic E-state index is 10.5. The third-order valence-electron chi connectivity index (χ3n) is 1.40. The van der Waals surface area contributed by atoms with Crippen molar-refractivity contribution in [2.45, 2.75) is 6.92 Å². The first-order valence-corrected chi connectivity index (χ1v) is 3.66. The van der Waals surface area contributed by atoms with Gasteiger partial charge in [-0.2, -0.15) is 0 Å². The molecule has 0 saturated carbocycles. The molecule has 0 spiro atoms. The summed E-state index contributed by atoms with van der Waals surface area (Å²) in [6, 6.07) is 6.66. The summed E-state index contributed by atoms with van der Waals surface area (Å²) in [5, 5.41) is 8.94. The van der Waals surface area contributed by atoms with Crippen LogP contribution in [-0.2, 0) is 4.79 Å². The molecule has 0 amide bonds. The van der Waals surface area contributed by atoms with Crippen molar-refractivity contribution in [3.8, 4) is 5.75 Å². The van der Waals surface area contributed by atoms with Gasteiger partial charge in [-0.05, 0) is 30.7 Å². The van der Waals surface area contributed by atoms with E-state index in [9.17, 15) is 4.79 Å². The summed E-state index contributed by atoms with van der Waals surface area (Å²) >= 11 is 0. The largest absolute Gasteiger partial charge is 0.508 e. The number of hydrogen-bond acceptors (Lipinski definition) is 2. The van der Waals surface area contributed by atoms with E-state index in [0.717, 1.165) is 5.56 Å². The molecule has 0 bridgehead atoms. The quantitative estimate of drug-likeness (QED) is 0.675. The normalized spacial score (nSPS) is 10.4. The summed E-state index contributed by atoms with van der Waals surface area (Å²) in [4.78, 5) is 10.5. The molecule has 0 aliphatic heterocycles. The van der Waals surface area contributed by atoms with Gasteiger partial charge in [0.1, 0.15) is 5.75 Å². The highest BCUT2D eigenvalue weighted by Crippen LogP contribution is 2.10. The summed E-state index contributed by atoms with van der Waals surface area (Å²) in [6.45, 7) is 1.50. The van der Waals surface area contributed by atoms with Gasteiger partial charge in [0.25, 0.3) is 0 Å². The first kappa shape index (κ1) is 8.53. The van der Waals surface area contributed by atoms with Crippen molar-refractivity contribution in [1.82, 2.24) is 0 Å². The number of allylic oxidation sites excluding steroid dienone is 1. The van der Waals surface area contributed by atoms with E-state index < -0.39 is 0 Å². The van der Waals surface area contributed by atoms with Gasteiger partial charge in [0.15, 0.2) is 5.78 Å². The van der Waals surface area contributed by atoms with E-state index in [-0.39, 0.29) is 11.5 Å². The highest BCUT2D eigenvalue weighted by Gasteiger charge is 1.88. The minimum Gasteiger partial charge on any atom is -0.508 e. The van der Waals surface area contributed by atoms with Crippen molar-refractivity contribution in [1.29, 1.82) is 0 Å². The molecule has 0 radical (unpaired) electrons. The Labute approximate surface area is 71.2 Å². The lowest BCUT2D eigenvalue weighted by Crippen LogP contribution is -1.79. The number of aromatic hydroxyl groups is 1. The molecule has 62 valence electrons. The van der Waals surface area contributed by atoms with Gasteiger partial charge in [0.2, 0.25) is 0 Å². The standard InChI is InChI=1S/C10H10O2/c1-8(11)2-3-9-4-6-10(12)7-5-9/h2-7,12H,1H3/b3-2+. The van der Waals surface area contributed by atoms with E-state index in [1.54, 1.807) is 30.3 Å². The molecule has 0 heterocycles. The molecule has 0 unspecified atom stereocenters. The van der Waals surface area contributed by atoms with Crippen LogP contribution >= 0.6 is 0 Å². The molecule has 0 fully saturated rings. The van der Waals surface area contributed by atoms with Crippen molar-refractivity contribution in [2.24, 2.45) is 0 Å². The van der Waals surface area contributed by atoms with Gasteiger partial charge in [-0.15, -0.1) is 0 Å². The van der Waals surface area contributed by atoms with Gasteiger partial charge in [-0.25, -0.2) is 0 Å². The van der Waals surface area contributed by atoms with Crippen molar-refractivity contribution >= 4 is 11.9 Å². The summed E-state index contributed by atoms with van der Waals surface area (Å²) in [7, 11) is 0. The maximum absolute atomic E-state index is 10.5. The summed E-state index contributed by atoms with van der Waals surface area (Å²) in [5.41, 5.74) is 0.906. The fraction of sp³-hybridized carbons (Fsp3) is 0.100. The van der Waals surface area contributed by atoms with E-state index in [2.05, 4.69) is 0 Å². The fourth-order valence-corrected chi connectivity index (χ4v) is 0.799. The summed E-state index contributed by atoms with van der Waals surface area (Å²) in [6.07, 6.45) is 3.20. The zero-order valence-electron chi connectivity index (χ0n) is 6.82. The van der Waals surface area contributed by atoms with Crippen molar-refractivity contribution in [3.63, 3.8) is 0 Å². The van der Waals surface area contributed by atoms with Gasteiger partial charge in [-0.3, -0.25) is 4.79 Å². The van der Waals surface area contributed by atoms with E-state index in [1.165, 1.54) is 13.0 Å². The van der Waals surface area contributed by atoms with Crippen LogP contribution in [0.5, 0.6) is 5.75 Å². The van der Waals surface area contributed by atoms with Gasteiger partial charge < -0.3 is 5.11 Å². The monoisotopic (exact) mass is 162 g/mol. The summed E-state index contributed by atoms with van der Waals surface area (Å²) < 4.78 is 0. The Kier molecular flexibility index (Phi) is 2.64. The van der Waals surface area contributed by atoms with Crippen LogP contribution in [0.25, 0.3) is 6.08 Å². The van der Waals surface area contributed by atoms with Gasteiger partial charge >= 0.3 is 0 Å². The number of hydrogen-bond donors (Lipinski definition) is 1. The third-order valence-corrected chi connectivity index (χ3v) is 1.40. The Morgan fingerprint density at radius 2 is 1.92 bits per heavy atom. The number of rotatable bonds is 2. The first-order valence-electron chi connectivity index (χ1n) is 3.66. The molecule has 0 saturated heterocycles. The molecular weight excluding hydrogens is 152 g/mol. The predicted molar refractivity (Wildman–Crippen MR) is 47.8 cm³/mol. The molecule has 1 rings (SSSR count). The Morgan fingerprint density at radius 1 is 1.33 bits per heavy atom. The average Bonchev–Trinajstić information content (AvgIpc) is 2.03. The second-order valence-corrected chi connectivity index (χ2v) is 2.54. The van der Waals surface area contributed by atoms with Crippen LogP contribution in [0.2, 0.25) is 0 Å². The molecule has 0 atom stereocenters. The molecule has 1 aromatic carbocycles. The third kappa shape index (κ3) is 2.58. The second kappa shape index (κ2) is 3.72. The Bertz CT molecular complexity index is 296. The van der Waals surface area contributed by atoms with Crippen molar-refractivity contribution in [2.75, 3.05) is 0 Å². The Balaban J connectivity index is 2.77. The first-order chi connectivity index (χ1) is 5.68. The maximum Gasteiger partial charge on any atom is 0.152 e. The molecule has 2 heteroatoms. The lowest BCUT2D eigenvalue weighted by Gasteiger charge is -1.92. The van der Waals surface area contributed by atoms with Crippen LogP contribution in [0.4, 0.5) is 0 Å². The van der Waals surface area contributed by atoms with Gasteiger partial charge in [-0.1, -0.05) is 18.2 Å². The van der Waals surface area contributed by atoms with Crippen molar-refractivity contribution < 1.29 is 9.90 Å². The zero-order valence-corrected chi connectivity index (χ0v) is 6.82. The van der Waals surface area contributed by atoms with Crippen LogP contribution in [0.3, 0.4) is 0 Å². The highest BCUT2D eigenvalue weighted by molar-refractivity contribution is 5.91. The second-order valence-electron chi connectivity index (χ2n) is 2.54. The number of phenolic OH excluding ortho intramolecular Hbond substituents is 1. The van der Waals surface area contributed by atoms with E-state index >= 15 is 0 Å². The zero-order chi connectivity index (χ0) is 8.97. The number of carbonyl (C=O) groups is 1. The minimum atomic E-state index is 0.0167.